The maximum atomic E-state index is 11.1. The number of unbranched alkanes of at least 4 members (excludes halogenated alkanes) is 12. The summed E-state index contributed by atoms with van der Waals surface area (Å²) in [5, 5.41) is 20.7. The fourth-order valence-electron chi connectivity index (χ4n) is 3.23. The number of hydrogen-bond acceptors (Lipinski definition) is 3. The number of nitrogens with one attached hydrogen (secondary N) is 1. The molecule has 0 heterocycles. The summed E-state index contributed by atoms with van der Waals surface area (Å²) in [5.74, 6) is -1.92. The molecule has 0 fully saturated rings. The lowest BCUT2D eigenvalue weighted by molar-refractivity contribution is -0.140. The van der Waals surface area contributed by atoms with Gasteiger partial charge in [-0.3, -0.25) is 9.59 Å². The van der Waals surface area contributed by atoms with E-state index < -0.39 is 18.0 Å². The van der Waals surface area contributed by atoms with Gasteiger partial charge in [-0.1, -0.05) is 76.9 Å². The van der Waals surface area contributed by atoms with E-state index in [0.717, 1.165) is 12.8 Å². The summed E-state index contributed by atoms with van der Waals surface area (Å²) in [6, 6.07) is -0.751. The van der Waals surface area contributed by atoms with Crippen molar-refractivity contribution in [2.75, 3.05) is 6.54 Å². The minimum absolute atomic E-state index is 0.114. The summed E-state index contributed by atoms with van der Waals surface area (Å²) in [6.45, 7) is 2.89. The molecule has 0 spiro atoms. The van der Waals surface area contributed by atoms with E-state index in [9.17, 15) is 9.59 Å². The van der Waals surface area contributed by atoms with Crippen molar-refractivity contribution in [1.29, 1.82) is 0 Å². The second kappa shape index (κ2) is 20.4. The third kappa shape index (κ3) is 19.4. The summed E-state index contributed by atoms with van der Waals surface area (Å²) in [4.78, 5) is 21.6. The van der Waals surface area contributed by atoms with Crippen molar-refractivity contribution in [3.8, 4) is 0 Å². The first-order valence-electron chi connectivity index (χ1n) is 11.4. The maximum Gasteiger partial charge on any atom is 0.320 e. The van der Waals surface area contributed by atoms with Crippen LogP contribution in [0.1, 0.15) is 110 Å². The maximum absolute atomic E-state index is 11.1. The second-order valence-electron chi connectivity index (χ2n) is 7.72. The zero-order chi connectivity index (χ0) is 20.9. The van der Waals surface area contributed by atoms with E-state index in [1.807, 2.05) is 0 Å². The number of rotatable bonds is 21. The molecule has 0 rings (SSSR count). The molecule has 0 aromatic carbocycles. The molecule has 28 heavy (non-hydrogen) atoms. The Morgan fingerprint density at radius 1 is 0.786 bits per heavy atom. The van der Waals surface area contributed by atoms with E-state index in [4.69, 9.17) is 10.2 Å². The van der Waals surface area contributed by atoms with E-state index in [0.29, 0.717) is 6.54 Å². The Kier molecular flexibility index (Phi) is 19.4. The number of allylic oxidation sites excluding steroid dienone is 2. The summed E-state index contributed by atoms with van der Waals surface area (Å²) >= 11 is 0. The highest BCUT2D eigenvalue weighted by Crippen LogP contribution is 2.10. The van der Waals surface area contributed by atoms with Crippen LogP contribution < -0.4 is 5.32 Å². The van der Waals surface area contributed by atoms with E-state index >= 15 is 0 Å². The lowest BCUT2D eigenvalue weighted by Crippen LogP contribution is -2.37. The third-order valence-electron chi connectivity index (χ3n) is 5.02. The largest absolute Gasteiger partial charge is 0.481 e. The smallest absolute Gasteiger partial charge is 0.320 e. The van der Waals surface area contributed by atoms with Crippen molar-refractivity contribution in [1.82, 2.24) is 5.32 Å². The molecular weight excluding hydrogens is 354 g/mol. The van der Waals surface area contributed by atoms with Crippen molar-refractivity contribution >= 4 is 11.9 Å². The standard InChI is InChI=1S/C23H43NO4/c1-2-3-4-5-6-7-8-9-10-11-12-13-14-15-16-17-20-24-21(23(27)28)18-19-22(25)26/h9-10,21,24H,2-8,11-20H2,1H3,(H,25,26)(H,27,28)/b10-9-/t21-/m0/s1. The summed E-state index contributed by atoms with van der Waals surface area (Å²) in [6.07, 6.45) is 22.2. The quantitative estimate of drug-likeness (QED) is 0.165. The molecule has 5 heteroatoms. The Bertz CT molecular complexity index is 409. The Morgan fingerprint density at radius 2 is 1.29 bits per heavy atom. The molecule has 0 bridgehead atoms. The van der Waals surface area contributed by atoms with Crippen molar-refractivity contribution in [3.05, 3.63) is 12.2 Å². The van der Waals surface area contributed by atoms with Gasteiger partial charge < -0.3 is 15.5 Å². The monoisotopic (exact) mass is 397 g/mol. The first-order valence-corrected chi connectivity index (χ1v) is 11.4. The first kappa shape index (κ1) is 26.6. The van der Waals surface area contributed by atoms with Gasteiger partial charge >= 0.3 is 11.9 Å². The molecule has 164 valence electrons. The molecule has 5 nitrogen and oxygen atoms in total. The topological polar surface area (TPSA) is 86.6 Å². The number of hydrogen-bond donors (Lipinski definition) is 3. The van der Waals surface area contributed by atoms with Crippen LogP contribution in [0.2, 0.25) is 0 Å². The van der Waals surface area contributed by atoms with Crippen LogP contribution in [0.15, 0.2) is 12.2 Å². The third-order valence-corrected chi connectivity index (χ3v) is 5.02. The predicted molar refractivity (Wildman–Crippen MR) is 116 cm³/mol. The van der Waals surface area contributed by atoms with Crippen molar-refractivity contribution in [2.45, 2.75) is 116 Å². The highest BCUT2D eigenvalue weighted by Gasteiger charge is 2.17. The Labute approximate surface area is 172 Å². The lowest BCUT2D eigenvalue weighted by Gasteiger charge is -2.13. The van der Waals surface area contributed by atoms with Gasteiger partial charge in [-0.05, 0) is 45.1 Å². The summed E-state index contributed by atoms with van der Waals surface area (Å²) < 4.78 is 0. The predicted octanol–water partition coefficient (Wildman–Crippen LogP) is 5.93. The van der Waals surface area contributed by atoms with Crippen LogP contribution in [-0.4, -0.2) is 34.7 Å². The van der Waals surface area contributed by atoms with Gasteiger partial charge in [-0.25, -0.2) is 0 Å². The minimum atomic E-state index is -0.967. The van der Waals surface area contributed by atoms with Crippen LogP contribution in [0.3, 0.4) is 0 Å². The molecule has 3 N–H and O–H groups in total. The minimum Gasteiger partial charge on any atom is -0.481 e. The number of carbonyl (C=O) groups is 2. The molecule has 0 aromatic rings. The zero-order valence-corrected chi connectivity index (χ0v) is 18.0. The first-order chi connectivity index (χ1) is 13.6. The van der Waals surface area contributed by atoms with Crippen LogP contribution in [0.5, 0.6) is 0 Å². The summed E-state index contributed by atoms with van der Waals surface area (Å²) in [7, 11) is 0. The van der Waals surface area contributed by atoms with Crippen LogP contribution in [0.25, 0.3) is 0 Å². The molecule has 0 aliphatic rings. The van der Waals surface area contributed by atoms with Crippen LogP contribution >= 0.6 is 0 Å². The summed E-state index contributed by atoms with van der Waals surface area (Å²) in [5.41, 5.74) is 0. The fraction of sp³-hybridized carbons (Fsp3) is 0.826. The van der Waals surface area contributed by atoms with Gasteiger partial charge in [0.15, 0.2) is 0 Å². The van der Waals surface area contributed by atoms with Gasteiger partial charge in [-0.2, -0.15) is 0 Å². The number of carboxylic acid groups (broad SMARTS) is 2. The SMILES string of the molecule is CCCCCCCC/C=C\CCCCCCCCN[C@@H](CCC(=O)O)C(=O)O. The van der Waals surface area contributed by atoms with E-state index in [-0.39, 0.29) is 12.8 Å². The van der Waals surface area contributed by atoms with Crippen LogP contribution in [0, 0.1) is 0 Å². The van der Waals surface area contributed by atoms with E-state index in [1.165, 1.54) is 77.0 Å². The molecule has 0 saturated carbocycles. The number of carboxylic acids is 2. The normalized spacial score (nSPS) is 12.5. The van der Waals surface area contributed by atoms with Crippen molar-refractivity contribution in [2.24, 2.45) is 0 Å². The van der Waals surface area contributed by atoms with Crippen LogP contribution in [0.4, 0.5) is 0 Å². The molecule has 0 amide bonds. The molecule has 0 unspecified atom stereocenters. The highest BCUT2D eigenvalue weighted by molar-refractivity contribution is 5.75. The van der Waals surface area contributed by atoms with Crippen molar-refractivity contribution in [3.63, 3.8) is 0 Å². The van der Waals surface area contributed by atoms with Gasteiger partial charge in [0.25, 0.3) is 0 Å². The Morgan fingerprint density at radius 3 is 1.79 bits per heavy atom. The molecule has 1 atom stereocenters. The molecule has 0 radical (unpaired) electrons. The average Bonchev–Trinajstić information content (AvgIpc) is 2.66. The van der Waals surface area contributed by atoms with Gasteiger partial charge in [-0.15, -0.1) is 0 Å². The molecule has 0 aliphatic carbocycles. The highest BCUT2D eigenvalue weighted by atomic mass is 16.4. The Balaban J connectivity index is 3.37. The zero-order valence-electron chi connectivity index (χ0n) is 18.0. The fourth-order valence-corrected chi connectivity index (χ4v) is 3.23. The molecule has 0 aliphatic heterocycles. The van der Waals surface area contributed by atoms with Crippen LogP contribution in [-0.2, 0) is 9.59 Å². The van der Waals surface area contributed by atoms with Gasteiger partial charge in [0, 0.05) is 6.42 Å². The van der Waals surface area contributed by atoms with E-state index in [1.54, 1.807) is 0 Å². The van der Waals surface area contributed by atoms with Gasteiger partial charge in [0.05, 0.1) is 0 Å². The molecule has 0 aromatic heterocycles. The van der Waals surface area contributed by atoms with Crippen molar-refractivity contribution < 1.29 is 19.8 Å². The van der Waals surface area contributed by atoms with Gasteiger partial charge in [0.2, 0.25) is 0 Å². The Hall–Kier alpha value is -1.36. The molecule has 0 saturated heterocycles. The van der Waals surface area contributed by atoms with E-state index in [2.05, 4.69) is 24.4 Å². The number of aliphatic carboxylic acids is 2. The lowest BCUT2D eigenvalue weighted by atomic mass is 10.1. The molecular formula is C23H43NO4. The average molecular weight is 398 g/mol. The second-order valence-corrected chi connectivity index (χ2v) is 7.72. The van der Waals surface area contributed by atoms with Gasteiger partial charge in [0.1, 0.15) is 6.04 Å².